The predicted molar refractivity (Wildman–Crippen MR) is 63.9 cm³/mol. The average molecular weight is 243 g/mol. The van der Waals surface area contributed by atoms with Crippen molar-refractivity contribution in [2.75, 3.05) is 26.0 Å². The van der Waals surface area contributed by atoms with E-state index in [9.17, 15) is 8.42 Å². The number of nitrogens with zero attached hydrogens (tertiary/aromatic N) is 2. The molecule has 1 rings (SSSR count). The Hall–Kier alpha value is -1.14. The van der Waals surface area contributed by atoms with Crippen molar-refractivity contribution in [1.29, 1.82) is 0 Å². The molecule has 0 unspecified atom stereocenters. The third-order valence-electron chi connectivity index (χ3n) is 2.23. The summed E-state index contributed by atoms with van der Waals surface area (Å²) in [5.74, 6) is 0.380. The molecule has 0 aliphatic rings. The highest BCUT2D eigenvalue weighted by atomic mass is 32.2. The van der Waals surface area contributed by atoms with Crippen molar-refractivity contribution in [3.05, 3.63) is 18.3 Å². The molecule has 1 aromatic rings. The Kier molecular flexibility index (Phi) is 4.26. The number of pyridine rings is 1. The van der Waals surface area contributed by atoms with Gasteiger partial charge in [0.25, 0.3) is 0 Å². The summed E-state index contributed by atoms with van der Waals surface area (Å²) in [6, 6.07) is 3.17. The standard InChI is InChI=1S/C10H17N3O2S/c1-4-8-13(3)16(14,15)9-6-5-7-12-10(9)11-2/h5-7H,4,8H2,1-3H3,(H,11,12). The molecule has 0 bridgehead atoms. The van der Waals surface area contributed by atoms with Gasteiger partial charge in [-0.3, -0.25) is 0 Å². The zero-order valence-electron chi connectivity index (χ0n) is 9.77. The third-order valence-corrected chi connectivity index (χ3v) is 4.12. The number of rotatable bonds is 5. The zero-order valence-corrected chi connectivity index (χ0v) is 10.6. The fourth-order valence-corrected chi connectivity index (χ4v) is 2.80. The molecule has 0 aliphatic carbocycles. The topological polar surface area (TPSA) is 62.3 Å². The van der Waals surface area contributed by atoms with Crippen molar-refractivity contribution in [2.45, 2.75) is 18.2 Å². The van der Waals surface area contributed by atoms with Gasteiger partial charge in [0.2, 0.25) is 10.0 Å². The second-order valence-corrected chi connectivity index (χ2v) is 5.44. The Morgan fingerprint density at radius 2 is 2.19 bits per heavy atom. The molecule has 1 aromatic heterocycles. The number of nitrogens with one attached hydrogen (secondary N) is 1. The van der Waals surface area contributed by atoms with E-state index in [0.29, 0.717) is 12.4 Å². The number of hydrogen-bond acceptors (Lipinski definition) is 4. The van der Waals surface area contributed by atoms with Gasteiger partial charge in [0.1, 0.15) is 10.7 Å². The highest BCUT2D eigenvalue weighted by Gasteiger charge is 2.23. The average Bonchev–Trinajstić information content (AvgIpc) is 2.29. The highest BCUT2D eigenvalue weighted by Crippen LogP contribution is 2.20. The summed E-state index contributed by atoms with van der Waals surface area (Å²) in [5, 5.41) is 2.78. The molecule has 0 spiro atoms. The molecule has 90 valence electrons. The number of aromatic nitrogens is 1. The summed E-state index contributed by atoms with van der Waals surface area (Å²) < 4.78 is 25.6. The van der Waals surface area contributed by atoms with Crippen LogP contribution < -0.4 is 5.32 Å². The number of hydrogen-bond donors (Lipinski definition) is 1. The smallest absolute Gasteiger partial charge is 0.246 e. The molecule has 0 atom stereocenters. The Labute approximate surface area is 96.5 Å². The zero-order chi connectivity index (χ0) is 12.2. The van der Waals surface area contributed by atoms with Gasteiger partial charge in [-0.15, -0.1) is 0 Å². The molecule has 0 aliphatic heterocycles. The molecule has 1 heterocycles. The van der Waals surface area contributed by atoms with E-state index in [0.717, 1.165) is 6.42 Å². The van der Waals surface area contributed by atoms with Crippen molar-refractivity contribution < 1.29 is 8.42 Å². The van der Waals surface area contributed by atoms with E-state index >= 15 is 0 Å². The van der Waals surface area contributed by atoms with Crippen LogP contribution in [0.25, 0.3) is 0 Å². The van der Waals surface area contributed by atoms with Gasteiger partial charge in [-0.25, -0.2) is 17.7 Å². The lowest BCUT2D eigenvalue weighted by Crippen LogP contribution is -2.28. The lowest BCUT2D eigenvalue weighted by Gasteiger charge is -2.17. The molecule has 16 heavy (non-hydrogen) atoms. The van der Waals surface area contributed by atoms with Crippen molar-refractivity contribution in [3.8, 4) is 0 Å². The Morgan fingerprint density at radius 3 is 2.75 bits per heavy atom. The summed E-state index contributed by atoms with van der Waals surface area (Å²) in [6.45, 7) is 2.44. The fraction of sp³-hybridized carbons (Fsp3) is 0.500. The van der Waals surface area contributed by atoms with Gasteiger partial charge >= 0.3 is 0 Å². The first-order chi connectivity index (χ1) is 7.54. The van der Waals surface area contributed by atoms with Gasteiger partial charge in [0.15, 0.2) is 0 Å². The van der Waals surface area contributed by atoms with Crippen molar-refractivity contribution >= 4 is 15.8 Å². The van der Waals surface area contributed by atoms with E-state index in [-0.39, 0.29) is 4.90 Å². The Morgan fingerprint density at radius 1 is 1.50 bits per heavy atom. The third kappa shape index (κ3) is 2.51. The maximum absolute atomic E-state index is 12.1. The van der Waals surface area contributed by atoms with E-state index in [1.165, 1.54) is 4.31 Å². The molecule has 1 N–H and O–H groups in total. The van der Waals surface area contributed by atoms with Crippen LogP contribution in [0.3, 0.4) is 0 Å². The lowest BCUT2D eigenvalue weighted by atomic mass is 10.5. The molecular weight excluding hydrogens is 226 g/mol. The van der Waals surface area contributed by atoms with E-state index in [1.54, 1.807) is 32.4 Å². The lowest BCUT2D eigenvalue weighted by molar-refractivity contribution is 0.468. The van der Waals surface area contributed by atoms with Gasteiger partial charge in [-0.1, -0.05) is 6.92 Å². The minimum atomic E-state index is -3.44. The van der Waals surface area contributed by atoms with E-state index in [2.05, 4.69) is 10.3 Å². The van der Waals surface area contributed by atoms with Crippen molar-refractivity contribution in [3.63, 3.8) is 0 Å². The van der Waals surface area contributed by atoms with Crippen LogP contribution in [-0.4, -0.2) is 38.3 Å². The SMILES string of the molecule is CCCN(C)S(=O)(=O)c1cccnc1NC. The maximum Gasteiger partial charge on any atom is 0.246 e. The van der Waals surface area contributed by atoms with Gasteiger partial charge < -0.3 is 5.32 Å². The Bertz CT molecular complexity index is 445. The van der Waals surface area contributed by atoms with Crippen LogP contribution in [0.4, 0.5) is 5.82 Å². The van der Waals surface area contributed by atoms with E-state index < -0.39 is 10.0 Å². The molecule has 0 aromatic carbocycles. The first-order valence-corrected chi connectivity index (χ1v) is 6.57. The van der Waals surface area contributed by atoms with Gasteiger partial charge in [0, 0.05) is 26.8 Å². The van der Waals surface area contributed by atoms with Crippen LogP contribution >= 0.6 is 0 Å². The van der Waals surface area contributed by atoms with E-state index in [4.69, 9.17) is 0 Å². The van der Waals surface area contributed by atoms with Crippen LogP contribution in [0.1, 0.15) is 13.3 Å². The van der Waals surface area contributed by atoms with Crippen molar-refractivity contribution in [2.24, 2.45) is 0 Å². The molecule has 5 nitrogen and oxygen atoms in total. The fourth-order valence-electron chi connectivity index (χ4n) is 1.39. The summed E-state index contributed by atoms with van der Waals surface area (Å²) in [5.41, 5.74) is 0. The van der Waals surface area contributed by atoms with Crippen molar-refractivity contribution in [1.82, 2.24) is 9.29 Å². The van der Waals surface area contributed by atoms with Gasteiger partial charge in [0.05, 0.1) is 0 Å². The number of sulfonamides is 1. The minimum Gasteiger partial charge on any atom is -0.372 e. The summed E-state index contributed by atoms with van der Waals surface area (Å²) in [7, 11) is -0.207. The normalized spacial score (nSPS) is 11.8. The molecular formula is C10H17N3O2S. The second-order valence-electron chi connectivity index (χ2n) is 3.43. The first kappa shape index (κ1) is 12.9. The maximum atomic E-state index is 12.1. The Balaban J connectivity index is 3.16. The predicted octanol–water partition coefficient (Wildman–Crippen LogP) is 1.15. The largest absolute Gasteiger partial charge is 0.372 e. The van der Waals surface area contributed by atoms with Gasteiger partial charge in [-0.2, -0.15) is 0 Å². The quantitative estimate of drug-likeness (QED) is 0.842. The van der Waals surface area contributed by atoms with Crippen LogP contribution in [0, 0.1) is 0 Å². The van der Waals surface area contributed by atoms with Crippen LogP contribution in [0.5, 0.6) is 0 Å². The monoisotopic (exact) mass is 243 g/mol. The molecule has 0 saturated heterocycles. The van der Waals surface area contributed by atoms with Crippen LogP contribution in [-0.2, 0) is 10.0 Å². The first-order valence-electron chi connectivity index (χ1n) is 5.13. The molecule has 6 heteroatoms. The van der Waals surface area contributed by atoms with Gasteiger partial charge in [-0.05, 0) is 18.6 Å². The second kappa shape index (κ2) is 5.27. The minimum absolute atomic E-state index is 0.216. The molecule has 0 saturated carbocycles. The summed E-state index contributed by atoms with van der Waals surface area (Å²) in [6.07, 6.45) is 2.34. The summed E-state index contributed by atoms with van der Waals surface area (Å²) in [4.78, 5) is 4.21. The molecule has 0 radical (unpaired) electrons. The van der Waals surface area contributed by atoms with Crippen LogP contribution in [0.15, 0.2) is 23.2 Å². The van der Waals surface area contributed by atoms with E-state index in [1.807, 2.05) is 6.92 Å². The molecule has 0 amide bonds. The number of anilines is 1. The molecule has 0 fully saturated rings. The highest BCUT2D eigenvalue weighted by molar-refractivity contribution is 7.89. The summed E-state index contributed by atoms with van der Waals surface area (Å²) >= 11 is 0. The van der Waals surface area contributed by atoms with Crippen LogP contribution in [0.2, 0.25) is 0 Å².